The number of carboxylic acid groups (broad SMARTS) is 1. The number of rotatable bonds is 12. The number of morpholine rings is 1. The molecular weight excluding hydrogens is 771 g/mol. The lowest BCUT2D eigenvalue weighted by Gasteiger charge is -2.69. The quantitative estimate of drug-likeness (QED) is 0.201. The number of ether oxygens (including phenoxy) is 1. The number of hydrogen-bond donors (Lipinski definition) is 2. The van der Waals surface area contributed by atoms with Gasteiger partial charge < -0.3 is 20.1 Å². The number of fused-ring (bicyclic) bond motifs is 7. The fraction of sp³-hybridized carbons (Fsp3) is 0.796. The maximum atomic E-state index is 14.1. The lowest BCUT2D eigenvalue weighted by Crippen LogP contribution is -2.62. The summed E-state index contributed by atoms with van der Waals surface area (Å²) in [5, 5.41) is 13.4. The van der Waals surface area contributed by atoms with Crippen molar-refractivity contribution in [2.24, 2.45) is 74.9 Å². The van der Waals surface area contributed by atoms with Gasteiger partial charge in [-0.25, -0.2) is 0 Å². The van der Waals surface area contributed by atoms with Crippen LogP contribution < -0.4 is 10.2 Å². The van der Waals surface area contributed by atoms with Gasteiger partial charge in [0.25, 0.3) is 0 Å². The number of carbonyl (C=O) groups is 3. The lowest BCUT2D eigenvalue weighted by molar-refractivity contribution is -0.193. The Labute approximate surface area is 374 Å². The average Bonchev–Trinajstić information content (AvgIpc) is 3.55. The average molecular weight is 852 g/mol. The summed E-state index contributed by atoms with van der Waals surface area (Å²) in [5.41, 5.74) is 6.06. The van der Waals surface area contributed by atoms with Crippen molar-refractivity contribution in [2.45, 2.75) is 151 Å². The van der Waals surface area contributed by atoms with E-state index in [1.54, 1.807) is 5.57 Å². The fourth-order valence-corrected chi connectivity index (χ4v) is 16.9. The van der Waals surface area contributed by atoms with Crippen LogP contribution in [0.1, 0.15) is 144 Å². The molecule has 0 bridgehead atoms. The predicted molar refractivity (Wildman–Crippen MR) is 247 cm³/mol. The van der Waals surface area contributed by atoms with Gasteiger partial charge in [-0.15, -0.1) is 0 Å². The summed E-state index contributed by atoms with van der Waals surface area (Å²) in [6, 6.07) is 9.98. The van der Waals surface area contributed by atoms with Gasteiger partial charge in [0, 0.05) is 68.6 Å². The van der Waals surface area contributed by atoms with E-state index >= 15 is 0 Å². The highest BCUT2D eigenvalue weighted by atomic mass is 16.5. The van der Waals surface area contributed by atoms with Crippen molar-refractivity contribution in [3.05, 3.63) is 41.0 Å². The zero-order valence-electron chi connectivity index (χ0n) is 39.6. The van der Waals surface area contributed by atoms with Gasteiger partial charge in [-0.1, -0.05) is 66.2 Å². The second-order valence-corrected chi connectivity index (χ2v) is 23.7. The normalized spacial score (nSPS) is 39.7. The third kappa shape index (κ3) is 7.58. The van der Waals surface area contributed by atoms with Crippen LogP contribution >= 0.6 is 0 Å². The number of hydrogen-bond acceptors (Lipinski definition) is 7. The molecule has 7 fully saturated rings. The molecule has 1 aromatic rings. The number of carboxylic acids is 1. The minimum absolute atomic E-state index is 0.00135. The molecule has 5 saturated carbocycles. The van der Waals surface area contributed by atoms with Crippen molar-refractivity contribution >= 4 is 23.2 Å². The van der Waals surface area contributed by atoms with E-state index in [9.17, 15) is 19.5 Å². The Hall–Kier alpha value is -2.55. The van der Waals surface area contributed by atoms with Gasteiger partial charge in [0.1, 0.15) is 5.78 Å². The minimum Gasteiger partial charge on any atom is -0.481 e. The first-order valence-corrected chi connectivity index (χ1v) is 25.5. The van der Waals surface area contributed by atoms with Gasteiger partial charge in [0.2, 0.25) is 0 Å². The number of carbonyl (C=O) groups excluding carboxylic acids is 2. The van der Waals surface area contributed by atoms with Gasteiger partial charge in [-0.3, -0.25) is 19.3 Å². The Kier molecular flexibility index (Phi) is 12.3. The molecule has 8 heteroatoms. The van der Waals surface area contributed by atoms with Gasteiger partial charge in [-0.2, -0.15) is 0 Å². The molecule has 0 aromatic heterocycles. The van der Waals surface area contributed by atoms with Gasteiger partial charge in [0.05, 0.1) is 19.1 Å². The molecule has 2 aliphatic heterocycles. The zero-order valence-corrected chi connectivity index (χ0v) is 39.6. The third-order valence-corrected chi connectivity index (χ3v) is 20.4. The topological polar surface area (TPSA) is 99.2 Å². The van der Waals surface area contributed by atoms with Crippen LogP contribution in [0.3, 0.4) is 0 Å². The number of anilines is 1. The summed E-state index contributed by atoms with van der Waals surface area (Å²) in [4.78, 5) is 44.7. The number of benzene rings is 1. The Morgan fingerprint density at radius 3 is 2.24 bits per heavy atom. The first kappa shape index (κ1) is 44.6. The molecule has 0 amide bonds. The van der Waals surface area contributed by atoms with Crippen molar-refractivity contribution in [1.82, 2.24) is 10.2 Å². The van der Waals surface area contributed by atoms with Crippen molar-refractivity contribution < 1.29 is 24.2 Å². The highest BCUT2D eigenvalue weighted by Crippen LogP contribution is 2.74. The molecule has 2 saturated heterocycles. The van der Waals surface area contributed by atoms with Crippen LogP contribution in [-0.4, -0.2) is 79.5 Å². The second-order valence-electron chi connectivity index (χ2n) is 23.7. The van der Waals surface area contributed by atoms with E-state index < -0.39 is 5.97 Å². The smallest absolute Gasteiger partial charge is 0.306 e. The van der Waals surface area contributed by atoms with Crippen LogP contribution in [0.25, 0.3) is 0 Å². The summed E-state index contributed by atoms with van der Waals surface area (Å²) in [6.45, 7) is 24.7. The summed E-state index contributed by atoms with van der Waals surface area (Å²) in [6.07, 6.45) is 15.0. The molecule has 2 N–H and O–H groups in total. The highest BCUT2D eigenvalue weighted by Gasteiger charge is 2.66. The summed E-state index contributed by atoms with van der Waals surface area (Å²) >= 11 is 0. The molecule has 6 aliphatic carbocycles. The Morgan fingerprint density at radius 2 is 1.56 bits per heavy atom. The first-order chi connectivity index (χ1) is 29.6. The maximum Gasteiger partial charge on any atom is 0.306 e. The van der Waals surface area contributed by atoms with Crippen molar-refractivity contribution in [3.63, 3.8) is 0 Å². The summed E-state index contributed by atoms with van der Waals surface area (Å²) in [5.74, 6) is 2.56. The zero-order chi connectivity index (χ0) is 43.8. The molecule has 2 heterocycles. The van der Waals surface area contributed by atoms with Crippen LogP contribution in [0, 0.1) is 74.9 Å². The van der Waals surface area contributed by atoms with Crippen molar-refractivity contribution in [3.8, 4) is 0 Å². The number of ketones is 2. The lowest BCUT2D eigenvalue weighted by atomic mass is 9.35. The van der Waals surface area contributed by atoms with Gasteiger partial charge in [-0.05, 0) is 165 Å². The van der Waals surface area contributed by atoms with Gasteiger partial charge in [0.15, 0.2) is 5.78 Å². The van der Waals surface area contributed by atoms with Crippen LogP contribution in [0.5, 0.6) is 0 Å². The van der Waals surface area contributed by atoms with Crippen LogP contribution in [0.4, 0.5) is 5.69 Å². The molecule has 342 valence electrons. The number of nitrogens with one attached hydrogen (secondary N) is 1. The number of piperidine rings is 1. The molecule has 62 heavy (non-hydrogen) atoms. The van der Waals surface area contributed by atoms with Crippen molar-refractivity contribution in [1.29, 1.82) is 0 Å². The van der Waals surface area contributed by atoms with E-state index in [0.29, 0.717) is 66.5 Å². The van der Waals surface area contributed by atoms with E-state index in [4.69, 9.17) is 4.74 Å². The molecule has 8 aliphatic rings. The Balaban J connectivity index is 0.834. The monoisotopic (exact) mass is 852 g/mol. The molecular formula is C54H81N3O5. The molecule has 9 rings (SSSR count). The minimum atomic E-state index is -0.744. The molecule has 11 unspecified atom stereocenters. The second kappa shape index (κ2) is 17.0. The van der Waals surface area contributed by atoms with Crippen LogP contribution in [-0.2, 0) is 25.7 Å². The Bertz CT molecular complexity index is 1880. The number of nitrogens with zero attached hydrogens (tertiary/aromatic N) is 2. The highest BCUT2D eigenvalue weighted by molar-refractivity contribution is 6.00. The number of aliphatic carboxylic acids is 1. The maximum absolute atomic E-state index is 14.1. The first-order valence-electron chi connectivity index (χ1n) is 25.5. The predicted octanol–water partition coefficient (Wildman–Crippen LogP) is 9.99. The molecule has 11 atom stereocenters. The van der Waals surface area contributed by atoms with E-state index in [1.165, 1.54) is 68.2 Å². The molecule has 1 aromatic carbocycles. The number of allylic oxidation sites excluding steroid dienone is 2. The molecule has 0 radical (unpaired) electrons. The van der Waals surface area contributed by atoms with E-state index in [0.717, 1.165) is 71.7 Å². The summed E-state index contributed by atoms with van der Waals surface area (Å²) in [7, 11) is 0. The van der Waals surface area contributed by atoms with Crippen LogP contribution in [0.15, 0.2) is 35.4 Å². The summed E-state index contributed by atoms with van der Waals surface area (Å²) < 4.78 is 5.59. The fourth-order valence-electron chi connectivity index (χ4n) is 16.9. The van der Waals surface area contributed by atoms with Crippen molar-refractivity contribution in [2.75, 3.05) is 50.8 Å². The van der Waals surface area contributed by atoms with E-state index in [-0.39, 0.29) is 45.3 Å². The largest absolute Gasteiger partial charge is 0.481 e. The van der Waals surface area contributed by atoms with Gasteiger partial charge >= 0.3 is 5.97 Å². The van der Waals surface area contributed by atoms with E-state index in [2.05, 4.69) is 80.9 Å². The SMILES string of the molecule is CC(C)C1=C2C3CCC4C(C)(CCC5C(C)(C)C(CC(=O)C6CC(C(=O)O)C6C)CCC54C)C3CCC2(CCNCc2ccc(N3CCC(N4CCOCC4)CC3)cc2)CC1=O. The Morgan fingerprint density at radius 1 is 0.855 bits per heavy atom. The standard InChI is InChI=1S/C54H81N3O5/c1-34(2)48-45(59)32-54(22-23-55-33-36-8-10-38(11-9-36)56-24-17-39(18-25-56)57-26-28-62-29-27-57)21-15-43-40(49(48)54)12-13-47-52(43,6)20-16-46-51(4,5)37(14-19-53(46,47)7)30-44(58)41-31-42(35(41)3)50(60)61/h8-11,34-35,37,39-43,46-47,55H,12-33H2,1-7H3,(H,60,61). The number of Topliss-reactive ketones (excluding diaryl/α,β-unsaturated/α-hetero) is 2. The molecule has 0 spiro atoms. The van der Waals surface area contributed by atoms with Crippen LogP contribution in [0.2, 0.25) is 0 Å². The molecule has 8 nitrogen and oxygen atoms in total. The third-order valence-electron chi connectivity index (χ3n) is 20.4. The van der Waals surface area contributed by atoms with E-state index in [1.807, 2.05) is 6.92 Å².